The van der Waals surface area contributed by atoms with Crippen LogP contribution in [0, 0.1) is 0 Å². The second-order valence-corrected chi connectivity index (χ2v) is 6.43. The van der Waals surface area contributed by atoms with E-state index in [1.807, 2.05) is 42.5 Å². The van der Waals surface area contributed by atoms with Crippen LogP contribution in [0.2, 0.25) is 0 Å². The van der Waals surface area contributed by atoms with E-state index in [2.05, 4.69) is 5.32 Å². The fourth-order valence-corrected chi connectivity index (χ4v) is 2.75. The van der Waals surface area contributed by atoms with Gasteiger partial charge in [0.15, 0.2) is 12.4 Å². The number of hydrogen-bond donors (Lipinski definition) is 1. The van der Waals surface area contributed by atoms with Gasteiger partial charge in [-0.05, 0) is 29.3 Å². The van der Waals surface area contributed by atoms with Crippen LogP contribution in [0.5, 0.6) is 0 Å². The molecule has 0 radical (unpaired) electrons. The van der Waals surface area contributed by atoms with Crippen LogP contribution in [0.25, 0.3) is 11.1 Å². The molecule has 3 aromatic carbocycles. The van der Waals surface area contributed by atoms with Gasteiger partial charge in [-0.25, -0.2) is 4.79 Å². The molecule has 0 aliphatic carbocycles. The molecule has 0 saturated heterocycles. The standard InChI is InChI=1S/C24H21NO4/c1-2-23(27)25-21-10-6-9-20(15-21)24(28)29-16-22(26)19-13-11-18(12-14-19)17-7-4-3-5-8-17/h3-15H,2,16H2,1H3,(H,25,27). The third-order valence-corrected chi connectivity index (χ3v) is 4.35. The highest BCUT2D eigenvalue weighted by Gasteiger charge is 2.13. The van der Waals surface area contributed by atoms with E-state index in [-0.39, 0.29) is 23.9 Å². The van der Waals surface area contributed by atoms with E-state index in [0.29, 0.717) is 17.7 Å². The van der Waals surface area contributed by atoms with Gasteiger partial charge in [-0.1, -0.05) is 67.6 Å². The molecule has 0 atom stereocenters. The fraction of sp³-hybridized carbons (Fsp3) is 0.125. The van der Waals surface area contributed by atoms with Gasteiger partial charge in [-0.2, -0.15) is 0 Å². The van der Waals surface area contributed by atoms with Crippen molar-refractivity contribution in [3.05, 3.63) is 90.0 Å². The summed E-state index contributed by atoms with van der Waals surface area (Å²) < 4.78 is 5.14. The number of ketones is 1. The minimum atomic E-state index is -0.619. The average Bonchev–Trinajstić information content (AvgIpc) is 2.78. The van der Waals surface area contributed by atoms with Gasteiger partial charge in [0.05, 0.1) is 5.56 Å². The Bertz CT molecular complexity index is 1010. The van der Waals surface area contributed by atoms with E-state index >= 15 is 0 Å². The maximum absolute atomic E-state index is 12.3. The second kappa shape index (κ2) is 9.46. The average molecular weight is 387 g/mol. The van der Waals surface area contributed by atoms with Gasteiger partial charge in [0, 0.05) is 17.7 Å². The molecule has 0 bridgehead atoms. The van der Waals surface area contributed by atoms with Crippen LogP contribution in [0.15, 0.2) is 78.9 Å². The van der Waals surface area contributed by atoms with Crippen molar-refractivity contribution in [3.8, 4) is 11.1 Å². The lowest BCUT2D eigenvalue weighted by molar-refractivity contribution is -0.115. The summed E-state index contributed by atoms with van der Waals surface area (Å²) in [6.45, 7) is 1.39. The zero-order valence-corrected chi connectivity index (χ0v) is 16.1. The number of ether oxygens (including phenoxy) is 1. The Labute approximate surface area is 169 Å². The number of Topliss-reactive ketones (excluding diaryl/α,β-unsaturated/α-hetero) is 1. The molecule has 3 rings (SSSR count). The molecule has 1 amide bonds. The Morgan fingerprint density at radius 3 is 2.17 bits per heavy atom. The van der Waals surface area contributed by atoms with Crippen molar-refractivity contribution in [1.82, 2.24) is 0 Å². The van der Waals surface area contributed by atoms with Crippen LogP contribution in [-0.4, -0.2) is 24.3 Å². The lowest BCUT2D eigenvalue weighted by Gasteiger charge is -2.08. The summed E-state index contributed by atoms with van der Waals surface area (Å²) >= 11 is 0. The molecule has 146 valence electrons. The van der Waals surface area contributed by atoms with Gasteiger partial charge < -0.3 is 10.1 Å². The second-order valence-electron chi connectivity index (χ2n) is 6.43. The Morgan fingerprint density at radius 2 is 1.48 bits per heavy atom. The Hall–Kier alpha value is -3.73. The first-order chi connectivity index (χ1) is 14.1. The molecule has 0 heterocycles. The quantitative estimate of drug-likeness (QED) is 0.469. The monoisotopic (exact) mass is 387 g/mol. The molecule has 0 unspecified atom stereocenters. The third-order valence-electron chi connectivity index (χ3n) is 4.35. The normalized spacial score (nSPS) is 10.2. The summed E-state index contributed by atoms with van der Waals surface area (Å²) in [7, 11) is 0. The number of esters is 1. The maximum atomic E-state index is 12.3. The zero-order chi connectivity index (χ0) is 20.6. The van der Waals surface area contributed by atoms with Crippen molar-refractivity contribution in [2.75, 3.05) is 11.9 Å². The van der Waals surface area contributed by atoms with Gasteiger partial charge >= 0.3 is 5.97 Å². The minimum Gasteiger partial charge on any atom is -0.454 e. The molecule has 5 heteroatoms. The summed E-state index contributed by atoms with van der Waals surface area (Å²) in [6.07, 6.45) is 0.340. The molecule has 3 aromatic rings. The van der Waals surface area contributed by atoms with Crippen LogP contribution in [0.4, 0.5) is 5.69 Å². The predicted octanol–water partition coefficient (Wildman–Crippen LogP) is 4.74. The van der Waals surface area contributed by atoms with Crippen molar-refractivity contribution in [1.29, 1.82) is 0 Å². The molecule has 0 aliphatic rings. The number of anilines is 1. The van der Waals surface area contributed by atoms with Gasteiger partial charge in [0.1, 0.15) is 0 Å². The third kappa shape index (κ3) is 5.39. The number of nitrogens with one attached hydrogen (secondary N) is 1. The molecule has 5 nitrogen and oxygen atoms in total. The number of benzene rings is 3. The number of carbonyl (C=O) groups excluding carboxylic acids is 3. The van der Waals surface area contributed by atoms with Crippen molar-refractivity contribution >= 4 is 23.3 Å². The van der Waals surface area contributed by atoms with E-state index in [9.17, 15) is 14.4 Å². The van der Waals surface area contributed by atoms with Crippen molar-refractivity contribution < 1.29 is 19.1 Å². The van der Waals surface area contributed by atoms with E-state index in [1.165, 1.54) is 6.07 Å². The highest BCUT2D eigenvalue weighted by molar-refractivity contribution is 6.00. The molecular weight excluding hydrogens is 366 g/mol. The number of carbonyl (C=O) groups is 3. The smallest absolute Gasteiger partial charge is 0.338 e. The van der Waals surface area contributed by atoms with Crippen LogP contribution < -0.4 is 5.32 Å². The molecule has 0 spiro atoms. The summed E-state index contributed by atoms with van der Waals surface area (Å²) in [4.78, 5) is 36.1. The van der Waals surface area contributed by atoms with E-state index in [0.717, 1.165) is 11.1 Å². The van der Waals surface area contributed by atoms with Gasteiger partial charge in [-0.15, -0.1) is 0 Å². The van der Waals surface area contributed by atoms with E-state index in [1.54, 1.807) is 37.3 Å². The molecule has 1 N–H and O–H groups in total. The fourth-order valence-electron chi connectivity index (χ4n) is 2.75. The number of hydrogen-bond acceptors (Lipinski definition) is 4. The first-order valence-corrected chi connectivity index (χ1v) is 9.32. The summed E-state index contributed by atoms with van der Waals surface area (Å²) in [6, 6.07) is 23.4. The van der Waals surface area contributed by atoms with E-state index in [4.69, 9.17) is 4.74 Å². The van der Waals surface area contributed by atoms with Gasteiger partial charge in [0.25, 0.3) is 0 Å². The van der Waals surface area contributed by atoms with Gasteiger partial charge in [0.2, 0.25) is 5.91 Å². The highest BCUT2D eigenvalue weighted by atomic mass is 16.5. The lowest BCUT2D eigenvalue weighted by Crippen LogP contribution is -2.15. The van der Waals surface area contributed by atoms with Crippen molar-refractivity contribution in [2.45, 2.75) is 13.3 Å². The lowest BCUT2D eigenvalue weighted by atomic mass is 10.0. The van der Waals surface area contributed by atoms with Gasteiger partial charge in [-0.3, -0.25) is 9.59 Å². The Balaban J connectivity index is 1.59. The number of rotatable bonds is 7. The SMILES string of the molecule is CCC(=O)Nc1cccc(C(=O)OCC(=O)c2ccc(-c3ccccc3)cc2)c1. The molecular formula is C24H21NO4. The molecule has 0 fully saturated rings. The van der Waals surface area contributed by atoms with E-state index < -0.39 is 5.97 Å². The number of amides is 1. The summed E-state index contributed by atoms with van der Waals surface area (Å²) in [5.74, 6) is -1.05. The zero-order valence-electron chi connectivity index (χ0n) is 16.1. The maximum Gasteiger partial charge on any atom is 0.338 e. The van der Waals surface area contributed by atoms with Crippen LogP contribution >= 0.6 is 0 Å². The van der Waals surface area contributed by atoms with Crippen molar-refractivity contribution in [2.24, 2.45) is 0 Å². The first-order valence-electron chi connectivity index (χ1n) is 9.32. The first kappa shape index (κ1) is 20.0. The molecule has 0 aromatic heterocycles. The molecule has 29 heavy (non-hydrogen) atoms. The van der Waals surface area contributed by atoms with Crippen LogP contribution in [0.3, 0.4) is 0 Å². The highest BCUT2D eigenvalue weighted by Crippen LogP contribution is 2.19. The minimum absolute atomic E-state index is 0.148. The summed E-state index contributed by atoms with van der Waals surface area (Å²) in [5.41, 5.74) is 3.32. The predicted molar refractivity (Wildman–Crippen MR) is 112 cm³/mol. The van der Waals surface area contributed by atoms with Crippen molar-refractivity contribution in [3.63, 3.8) is 0 Å². The van der Waals surface area contributed by atoms with Crippen LogP contribution in [-0.2, 0) is 9.53 Å². The largest absolute Gasteiger partial charge is 0.454 e. The topological polar surface area (TPSA) is 72.5 Å². The molecule has 0 aliphatic heterocycles. The Kier molecular flexibility index (Phi) is 6.53. The summed E-state index contributed by atoms with van der Waals surface area (Å²) in [5, 5.41) is 2.68. The Morgan fingerprint density at radius 1 is 0.793 bits per heavy atom. The van der Waals surface area contributed by atoms with Crippen LogP contribution in [0.1, 0.15) is 34.1 Å². The molecule has 0 saturated carbocycles.